The summed E-state index contributed by atoms with van der Waals surface area (Å²) in [5.41, 5.74) is 1.76. The van der Waals surface area contributed by atoms with E-state index in [9.17, 15) is 4.79 Å². The Balaban J connectivity index is 1.73. The summed E-state index contributed by atoms with van der Waals surface area (Å²) in [4.78, 5) is 21.6. The first kappa shape index (κ1) is 13.4. The van der Waals surface area contributed by atoms with Gasteiger partial charge in [-0.2, -0.15) is 4.52 Å². The van der Waals surface area contributed by atoms with Crippen LogP contribution in [-0.4, -0.2) is 19.6 Å². The summed E-state index contributed by atoms with van der Waals surface area (Å²) in [6.07, 6.45) is 3.54. The van der Waals surface area contributed by atoms with Crippen LogP contribution >= 0.6 is 23.1 Å². The molecule has 4 aromatic rings. The van der Waals surface area contributed by atoms with Gasteiger partial charge in [0.05, 0.1) is 10.9 Å². The van der Waals surface area contributed by atoms with E-state index in [0.717, 1.165) is 10.1 Å². The van der Waals surface area contributed by atoms with Crippen molar-refractivity contribution in [2.75, 3.05) is 0 Å². The van der Waals surface area contributed by atoms with E-state index in [2.05, 4.69) is 15.1 Å². The van der Waals surface area contributed by atoms with Gasteiger partial charge in [0.25, 0.3) is 5.56 Å². The second-order valence-corrected chi connectivity index (χ2v) is 6.82. The van der Waals surface area contributed by atoms with E-state index in [-0.39, 0.29) is 5.56 Å². The van der Waals surface area contributed by atoms with Gasteiger partial charge in [0.1, 0.15) is 0 Å². The Hall–Kier alpha value is -2.25. The molecule has 1 aromatic carbocycles. The van der Waals surface area contributed by atoms with Crippen molar-refractivity contribution in [1.82, 2.24) is 19.6 Å². The van der Waals surface area contributed by atoms with Gasteiger partial charge in [-0.3, -0.25) is 9.78 Å². The number of para-hydroxylation sites is 1. The predicted molar refractivity (Wildman–Crippen MR) is 88.4 cm³/mol. The zero-order valence-electron chi connectivity index (χ0n) is 11.3. The third-order valence-electron chi connectivity index (χ3n) is 3.20. The SMILES string of the molecule is O=c1c2ccccc2nc2sc(SCc3ccncc3)nn12. The normalized spacial score (nSPS) is 11.3. The largest absolute Gasteiger partial charge is 0.283 e. The molecule has 0 bridgehead atoms. The molecule has 0 unspecified atom stereocenters. The maximum Gasteiger partial charge on any atom is 0.283 e. The van der Waals surface area contributed by atoms with Crippen LogP contribution in [0.15, 0.2) is 57.9 Å². The van der Waals surface area contributed by atoms with Crippen molar-refractivity contribution in [1.29, 1.82) is 0 Å². The summed E-state index contributed by atoms with van der Waals surface area (Å²) >= 11 is 3.03. The van der Waals surface area contributed by atoms with Crippen LogP contribution in [0.3, 0.4) is 0 Å². The third-order valence-corrected chi connectivity index (χ3v) is 5.31. The minimum atomic E-state index is -0.118. The molecule has 108 valence electrons. The van der Waals surface area contributed by atoms with E-state index in [4.69, 9.17) is 0 Å². The van der Waals surface area contributed by atoms with E-state index in [1.807, 2.05) is 30.3 Å². The lowest BCUT2D eigenvalue weighted by atomic mass is 10.2. The molecule has 0 N–H and O–H groups in total. The molecule has 0 spiro atoms. The maximum atomic E-state index is 12.4. The maximum absolute atomic E-state index is 12.4. The number of benzene rings is 1. The molecule has 0 aliphatic carbocycles. The van der Waals surface area contributed by atoms with Crippen LogP contribution in [0.25, 0.3) is 15.9 Å². The molecule has 0 aliphatic heterocycles. The fourth-order valence-corrected chi connectivity index (χ4v) is 4.01. The lowest BCUT2D eigenvalue weighted by Crippen LogP contribution is -2.14. The first-order valence-corrected chi connectivity index (χ1v) is 8.42. The van der Waals surface area contributed by atoms with Crippen molar-refractivity contribution in [3.05, 3.63) is 64.7 Å². The fraction of sp³-hybridized carbons (Fsp3) is 0.0667. The second-order valence-electron chi connectivity index (χ2n) is 4.64. The highest BCUT2D eigenvalue weighted by molar-refractivity contribution is 8.00. The van der Waals surface area contributed by atoms with Crippen molar-refractivity contribution < 1.29 is 0 Å². The van der Waals surface area contributed by atoms with Crippen LogP contribution in [0.4, 0.5) is 0 Å². The van der Waals surface area contributed by atoms with Gasteiger partial charge >= 0.3 is 0 Å². The van der Waals surface area contributed by atoms with Crippen LogP contribution in [-0.2, 0) is 5.75 Å². The van der Waals surface area contributed by atoms with Crippen molar-refractivity contribution >= 4 is 39.0 Å². The topological polar surface area (TPSA) is 60.2 Å². The van der Waals surface area contributed by atoms with E-state index < -0.39 is 0 Å². The lowest BCUT2D eigenvalue weighted by molar-refractivity contribution is 0.869. The molecule has 22 heavy (non-hydrogen) atoms. The van der Waals surface area contributed by atoms with Crippen molar-refractivity contribution in [2.24, 2.45) is 0 Å². The molecule has 4 rings (SSSR count). The summed E-state index contributed by atoms with van der Waals surface area (Å²) < 4.78 is 2.22. The standard InChI is InChI=1S/C15H10N4OS2/c20-13-11-3-1-2-4-12(11)17-14-19(13)18-15(22-14)21-9-10-5-7-16-8-6-10/h1-8H,9H2. The molecular formula is C15H10N4OS2. The van der Waals surface area contributed by atoms with Crippen LogP contribution in [0.5, 0.6) is 0 Å². The minimum Gasteiger partial charge on any atom is -0.267 e. The molecule has 5 nitrogen and oxygen atoms in total. The second kappa shape index (κ2) is 5.51. The number of hydrogen-bond acceptors (Lipinski definition) is 6. The van der Waals surface area contributed by atoms with Gasteiger partial charge in [0, 0.05) is 18.1 Å². The zero-order chi connectivity index (χ0) is 14.9. The quantitative estimate of drug-likeness (QED) is 0.542. The Kier molecular flexibility index (Phi) is 3.36. The third kappa shape index (κ3) is 2.38. The van der Waals surface area contributed by atoms with Gasteiger partial charge in [-0.1, -0.05) is 35.2 Å². The number of thioether (sulfide) groups is 1. The van der Waals surface area contributed by atoms with E-state index in [1.165, 1.54) is 21.4 Å². The van der Waals surface area contributed by atoms with Crippen LogP contribution < -0.4 is 5.56 Å². The van der Waals surface area contributed by atoms with Crippen molar-refractivity contribution in [2.45, 2.75) is 10.1 Å². The van der Waals surface area contributed by atoms with E-state index in [0.29, 0.717) is 15.9 Å². The van der Waals surface area contributed by atoms with Crippen LogP contribution in [0.1, 0.15) is 5.56 Å². The number of nitrogens with zero attached hydrogens (tertiary/aromatic N) is 4. The van der Waals surface area contributed by atoms with Crippen LogP contribution in [0, 0.1) is 0 Å². The lowest BCUT2D eigenvalue weighted by Gasteiger charge is -1.96. The highest BCUT2D eigenvalue weighted by Crippen LogP contribution is 2.27. The Morgan fingerprint density at radius 3 is 2.82 bits per heavy atom. The monoisotopic (exact) mass is 326 g/mol. The van der Waals surface area contributed by atoms with E-state index >= 15 is 0 Å². The summed E-state index contributed by atoms with van der Waals surface area (Å²) in [7, 11) is 0. The Labute approximate surface area is 133 Å². The van der Waals surface area contributed by atoms with E-state index in [1.54, 1.807) is 30.2 Å². The van der Waals surface area contributed by atoms with Gasteiger partial charge in [0.2, 0.25) is 4.96 Å². The number of rotatable bonds is 3. The number of fused-ring (bicyclic) bond motifs is 2. The molecule has 0 saturated heterocycles. The number of aromatic nitrogens is 4. The highest BCUT2D eigenvalue weighted by atomic mass is 32.2. The summed E-state index contributed by atoms with van der Waals surface area (Å²) in [6, 6.07) is 11.3. The number of hydrogen-bond donors (Lipinski definition) is 0. The van der Waals surface area contributed by atoms with Crippen molar-refractivity contribution in [3.63, 3.8) is 0 Å². The molecular weight excluding hydrogens is 316 g/mol. The Morgan fingerprint density at radius 1 is 1.14 bits per heavy atom. The molecule has 3 aromatic heterocycles. The minimum absolute atomic E-state index is 0.118. The van der Waals surface area contributed by atoms with Crippen molar-refractivity contribution in [3.8, 4) is 0 Å². The molecule has 0 fully saturated rings. The first-order valence-electron chi connectivity index (χ1n) is 6.61. The van der Waals surface area contributed by atoms with Crippen LogP contribution in [0.2, 0.25) is 0 Å². The Morgan fingerprint density at radius 2 is 1.95 bits per heavy atom. The molecule has 0 atom stereocenters. The predicted octanol–water partition coefficient (Wildman–Crippen LogP) is 2.99. The van der Waals surface area contributed by atoms with Gasteiger partial charge in [-0.25, -0.2) is 4.98 Å². The molecule has 7 heteroatoms. The van der Waals surface area contributed by atoms with Gasteiger partial charge < -0.3 is 0 Å². The highest BCUT2D eigenvalue weighted by Gasteiger charge is 2.10. The summed E-state index contributed by atoms with van der Waals surface area (Å²) in [5.74, 6) is 0.788. The smallest absolute Gasteiger partial charge is 0.267 e. The average molecular weight is 326 g/mol. The zero-order valence-corrected chi connectivity index (χ0v) is 13.0. The van der Waals surface area contributed by atoms with Gasteiger partial charge in [0.15, 0.2) is 4.34 Å². The molecule has 0 aliphatic rings. The molecule has 0 saturated carbocycles. The van der Waals surface area contributed by atoms with Gasteiger partial charge in [-0.15, -0.1) is 5.10 Å². The molecule has 3 heterocycles. The van der Waals surface area contributed by atoms with Gasteiger partial charge in [-0.05, 0) is 29.8 Å². The summed E-state index contributed by atoms with van der Waals surface area (Å²) in [6.45, 7) is 0. The first-order chi connectivity index (χ1) is 10.8. The number of pyridine rings is 1. The summed E-state index contributed by atoms with van der Waals surface area (Å²) in [5, 5.41) is 4.98. The average Bonchev–Trinajstić information content (AvgIpc) is 2.97. The molecule has 0 radical (unpaired) electrons. The fourth-order valence-electron chi connectivity index (χ4n) is 2.12. The Bertz CT molecular complexity index is 1010. The molecule has 0 amide bonds.